The van der Waals surface area contributed by atoms with Crippen LogP contribution in [0.1, 0.15) is 41.2 Å². The van der Waals surface area contributed by atoms with Gasteiger partial charge in [0.15, 0.2) is 0 Å². The van der Waals surface area contributed by atoms with Gasteiger partial charge in [0, 0.05) is 6.42 Å². The van der Waals surface area contributed by atoms with Gasteiger partial charge in [-0.05, 0) is 65.8 Å². The van der Waals surface area contributed by atoms with Gasteiger partial charge in [0.2, 0.25) is 0 Å². The van der Waals surface area contributed by atoms with Crippen molar-refractivity contribution >= 4 is 5.97 Å². The van der Waals surface area contributed by atoms with Crippen molar-refractivity contribution in [3.05, 3.63) is 95.1 Å². The van der Waals surface area contributed by atoms with Crippen LogP contribution in [0.25, 0.3) is 0 Å². The van der Waals surface area contributed by atoms with Crippen LogP contribution in [-0.2, 0) is 29.0 Å². The summed E-state index contributed by atoms with van der Waals surface area (Å²) < 4.78 is 16.9. The summed E-state index contributed by atoms with van der Waals surface area (Å²) in [6.45, 7) is 0.472. The molecule has 1 atom stereocenters. The zero-order chi connectivity index (χ0) is 20.8. The number of carbonyl (C=O) groups is 1. The number of esters is 1. The summed E-state index contributed by atoms with van der Waals surface area (Å²) in [5.74, 6) is 1.47. The van der Waals surface area contributed by atoms with Gasteiger partial charge in [-0.15, -0.1) is 0 Å². The van der Waals surface area contributed by atoms with E-state index >= 15 is 0 Å². The minimum Gasteiger partial charge on any atom is -0.489 e. The SMILES string of the molecule is COC(=O)CCc1ccc(OCc2cccc(OC3CCc4ccccc43)c2)cc1. The summed E-state index contributed by atoms with van der Waals surface area (Å²) in [7, 11) is 1.41. The largest absolute Gasteiger partial charge is 0.489 e. The zero-order valence-electron chi connectivity index (χ0n) is 17.2. The zero-order valence-corrected chi connectivity index (χ0v) is 17.2. The third kappa shape index (κ3) is 5.01. The topological polar surface area (TPSA) is 44.8 Å². The number of aryl methyl sites for hydroxylation is 2. The fourth-order valence-electron chi connectivity index (χ4n) is 3.78. The van der Waals surface area contributed by atoms with Crippen molar-refractivity contribution in [1.82, 2.24) is 0 Å². The molecule has 30 heavy (non-hydrogen) atoms. The van der Waals surface area contributed by atoms with Crippen molar-refractivity contribution in [2.75, 3.05) is 7.11 Å². The summed E-state index contributed by atoms with van der Waals surface area (Å²) >= 11 is 0. The third-order valence-corrected chi connectivity index (χ3v) is 5.43. The van der Waals surface area contributed by atoms with Gasteiger partial charge in [0.05, 0.1) is 7.11 Å². The molecular weight excluding hydrogens is 376 g/mol. The van der Waals surface area contributed by atoms with Gasteiger partial charge in [0.25, 0.3) is 0 Å². The van der Waals surface area contributed by atoms with Gasteiger partial charge in [-0.1, -0.05) is 48.5 Å². The molecule has 0 radical (unpaired) electrons. The van der Waals surface area contributed by atoms with E-state index in [2.05, 4.69) is 29.0 Å². The van der Waals surface area contributed by atoms with Crippen molar-refractivity contribution in [1.29, 1.82) is 0 Å². The molecule has 4 heteroatoms. The molecule has 0 fully saturated rings. The molecule has 0 amide bonds. The lowest BCUT2D eigenvalue weighted by Gasteiger charge is -2.16. The van der Waals surface area contributed by atoms with Crippen LogP contribution >= 0.6 is 0 Å². The Bertz CT molecular complexity index is 994. The average molecular weight is 402 g/mol. The number of ether oxygens (including phenoxy) is 3. The van der Waals surface area contributed by atoms with Crippen molar-refractivity contribution in [3.8, 4) is 11.5 Å². The smallest absolute Gasteiger partial charge is 0.305 e. The second-order valence-corrected chi connectivity index (χ2v) is 7.50. The molecule has 0 heterocycles. The number of hydrogen-bond donors (Lipinski definition) is 0. The first kappa shape index (κ1) is 20.0. The molecular formula is C26H26O4. The fraction of sp³-hybridized carbons (Fsp3) is 0.269. The lowest BCUT2D eigenvalue weighted by molar-refractivity contribution is -0.140. The molecule has 1 aliphatic carbocycles. The van der Waals surface area contributed by atoms with Crippen LogP contribution in [0.15, 0.2) is 72.8 Å². The van der Waals surface area contributed by atoms with Crippen molar-refractivity contribution in [2.24, 2.45) is 0 Å². The highest BCUT2D eigenvalue weighted by Crippen LogP contribution is 2.35. The maximum absolute atomic E-state index is 11.3. The summed E-state index contributed by atoms with van der Waals surface area (Å²) in [5, 5.41) is 0. The number of carbonyl (C=O) groups excluding carboxylic acids is 1. The number of rotatable bonds is 8. The molecule has 0 bridgehead atoms. The second-order valence-electron chi connectivity index (χ2n) is 7.50. The first-order chi connectivity index (χ1) is 14.7. The monoisotopic (exact) mass is 402 g/mol. The Morgan fingerprint density at radius 2 is 1.77 bits per heavy atom. The molecule has 1 aliphatic rings. The minimum absolute atomic E-state index is 0.120. The van der Waals surface area contributed by atoms with Crippen LogP contribution in [0.5, 0.6) is 11.5 Å². The van der Waals surface area contributed by atoms with E-state index in [4.69, 9.17) is 9.47 Å². The van der Waals surface area contributed by atoms with Crippen LogP contribution in [0.2, 0.25) is 0 Å². The van der Waals surface area contributed by atoms with Crippen molar-refractivity contribution < 1.29 is 19.0 Å². The van der Waals surface area contributed by atoms with E-state index in [-0.39, 0.29) is 12.1 Å². The Kier molecular flexibility index (Phi) is 6.33. The summed E-state index contributed by atoms with van der Waals surface area (Å²) in [6, 6.07) is 24.4. The van der Waals surface area contributed by atoms with Crippen LogP contribution in [0.3, 0.4) is 0 Å². The molecule has 0 N–H and O–H groups in total. The Balaban J connectivity index is 1.32. The van der Waals surface area contributed by atoms with Gasteiger partial charge in [-0.25, -0.2) is 0 Å². The quantitative estimate of drug-likeness (QED) is 0.471. The standard InChI is InChI=1S/C26H26O4/c1-28-26(27)16-11-19-9-13-22(14-10-19)29-18-20-5-4-7-23(17-20)30-25-15-12-21-6-2-3-8-24(21)25/h2-10,13-14,17,25H,11-12,15-16,18H2,1H3. The first-order valence-corrected chi connectivity index (χ1v) is 10.3. The summed E-state index contributed by atoms with van der Waals surface area (Å²) in [4.78, 5) is 11.3. The molecule has 0 aliphatic heterocycles. The van der Waals surface area contributed by atoms with Crippen LogP contribution in [0.4, 0.5) is 0 Å². The molecule has 3 aromatic carbocycles. The predicted molar refractivity (Wildman–Crippen MR) is 116 cm³/mol. The molecule has 0 saturated heterocycles. The number of methoxy groups -OCH3 is 1. The summed E-state index contributed by atoms with van der Waals surface area (Å²) in [5.41, 5.74) is 4.83. The fourth-order valence-corrected chi connectivity index (χ4v) is 3.78. The molecule has 4 nitrogen and oxygen atoms in total. The Morgan fingerprint density at radius 1 is 0.933 bits per heavy atom. The molecule has 0 saturated carbocycles. The van der Waals surface area contributed by atoms with Gasteiger partial charge < -0.3 is 14.2 Å². The van der Waals surface area contributed by atoms with Gasteiger partial charge in [-0.2, -0.15) is 0 Å². The molecule has 0 aromatic heterocycles. The van der Waals surface area contributed by atoms with Gasteiger partial charge in [0.1, 0.15) is 24.2 Å². The van der Waals surface area contributed by atoms with E-state index in [1.807, 2.05) is 48.5 Å². The number of benzene rings is 3. The number of fused-ring (bicyclic) bond motifs is 1. The Hall–Kier alpha value is -3.27. The normalized spacial score (nSPS) is 14.8. The van der Waals surface area contributed by atoms with Crippen molar-refractivity contribution in [3.63, 3.8) is 0 Å². The van der Waals surface area contributed by atoms with Crippen LogP contribution in [-0.4, -0.2) is 13.1 Å². The maximum atomic E-state index is 11.3. The Morgan fingerprint density at radius 3 is 2.60 bits per heavy atom. The lowest BCUT2D eigenvalue weighted by atomic mass is 10.1. The Labute approximate surface area is 177 Å². The van der Waals surface area contributed by atoms with Gasteiger partial charge >= 0.3 is 5.97 Å². The van der Waals surface area contributed by atoms with E-state index in [1.165, 1.54) is 18.2 Å². The predicted octanol–water partition coefficient (Wildman–Crippen LogP) is 5.44. The first-order valence-electron chi connectivity index (χ1n) is 10.3. The molecule has 154 valence electrons. The molecule has 1 unspecified atom stereocenters. The third-order valence-electron chi connectivity index (χ3n) is 5.43. The number of hydrogen-bond acceptors (Lipinski definition) is 4. The lowest BCUT2D eigenvalue weighted by Crippen LogP contribution is -2.04. The highest BCUT2D eigenvalue weighted by molar-refractivity contribution is 5.69. The van der Waals surface area contributed by atoms with Crippen molar-refractivity contribution in [2.45, 2.75) is 38.4 Å². The highest BCUT2D eigenvalue weighted by atomic mass is 16.5. The molecule has 3 aromatic rings. The van der Waals surface area contributed by atoms with Crippen LogP contribution < -0.4 is 9.47 Å². The summed E-state index contributed by atoms with van der Waals surface area (Å²) in [6.07, 6.45) is 3.25. The van der Waals surface area contributed by atoms with E-state index in [0.717, 1.165) is 35.5 Å². The molecule has 0 spiro atoms. The van der Waals surface area contributed by atoms with E-state index < -0.39 is 0 Å². The average Bonchev–Trinajstić information content (AvgIpc) is 3.20. The van der Waals surface area contributed by atoms with E-state index in [1.54, 1.807) is 0 Å². The maximum Gasteiger partial charge on any atom is 0.305 e. The van der Waals surface area contributed by atoms with E-state index in [0.29, 0.717) is 19.4 Å². The minimum atomic E-state index is -0.196. The second kappa shape index (κ2) is 9.49. The van der Waals surface area contributed by atoms with Crippen LogP contribution in [0, 0.1) is 0 Å². The highest BCUT2D eigenvalue weighted by Gasteiger charge is 2.23. The van der Waals surface area contributed by atoms with Gasteiger partial charge in [-0.3, -0.25) is 4.79 Å². The van der Waals surface area contributed by atoms with E-state index in [9.17, 15) is 4.79 Å². The molecule has 4 rings (SSSR count).